The minimum Gasteiger partial charge on any atom is -0.506 e. The minimum absolute atomic E-state index is 0.0672. The summed E-state index contributed by atoms with van der Waals surface area (Å²) in [5.41, 5.74) is 1.55. The van der Waals surface area contributed by atoms with Crippen LogP contribution < -0.4 is 9.47 Å². The first kappa shape index (κ1) is 24.2. The summed E-state index contributed by atoms with van der Waals surface area (Å²) in [6.45, 7) is 6.78. The van der Waals surface area contributed by atoms with Crippen molar-refractivity contribution in [2.45, 2.75) is 20.8 Å². The zero-order valence-corrected chi connectivity index (χ0v) is 21.0. The number of hydrogen-bond acceptors (Lipinski definition) is 7. The van der Waals surface area contributed by atoms with E-state index < -0.39 is 5.97 Å². The van der Waals surface area contributed by atoms with Crippen molar-refractivity contribution < 1.29 is 24.1 Å². The molecule has 8 heteroatoms. The van der Waals surface area contributed by atoms with E-state index in [2.05, 4.69) is 27.6 Å². The van der Waals surface area contributed by atoms with Gasteiger partial charge in [0.25, 0.3) is 0 Å². The molecule has 32 heavy (non-hydrogen) atoms. The lowest BCUT2D eigenvalue weighted by Gasteiger charge is -2.13. The zero-order valence-electron chi connectivity index (χ0n) is 18.1. The lowest BCUT2D eigenvalue weighted by molar-refractivity contribution is -0.138. The highest BCUT2D eigenvalue weighted by Gasteiger charge is 2.33. The van der Waals surface area contributed by atoms with Gasteiger partial charge in [-0.1, -0.05) is 30.0 Å². The second-order valence-corrected chi connectivity index (χ2v) is 8.70. The third-order valence-electron chi connectivity index (χ3n) is 4.28. The molecule has 0 atom stereocenters. The number of benzene rings is 2. The number of esters is 1. The summed E-state index contributed by atoms with van der Waals surface area (Å²) in [4.78, 5) is 17.6. The van der Waals surface area contributed by atoms with Crippen LogP contribution in [0.4, 0.5) is 5.69 Å². The summed E-state index contributed by atoms with van der Waals surface area (Å²) in [6.07, 6.45) is 1.80. The molecule has 3 rings (SSSR count). The minimum atomic E-state index is -0.605. The first-order valence-electron chi connectivity index (χ1n) is 10.2. The first-order valence-corrected chi connectivity index (χ1v) is 12.1. The summed E-state index contributed by atoms with van der Waals surface area (Å²) < 4.78 is 17.5. The fourth-order valence-corrected chi connectivity index (χ4v) is 4.80. The number of aliphatic hydroxyl groups is 1. The van der Waals surface area contributed by atoms with E-state index in [-0.39, 0.29) is 17.9 Å². The fourth-order valence-electron chi connectivity index (χ4n) is 2.98. The average Bonchev–Trinajstić information content (AvgIpc) is 3.06. The monoisotopic (exact) mass is 565 g/mol. The molecule has 2 aromatic carbocycles. The predicted octanol–water partition coefficient (Wildman–Crippen LogP) is 6.28. The highest BCUT2D eigenvalue weighted by molar-refractivity contribution is 14.1. The van der Waals surface area contributed by atoms with E-state index >= 15 is 0 Å². The molecule has 168 valence electrons. The molecule has 0 saturated heterocycles. The molecule has 0 saturated carbocycles. The number of carbonyl (C=O) groups is 1. The van der Waals surface area contributed by atoms with E-state index in [9.17, 15) is 9.90 Å². The Morgan fingerprint density at radius 1 is 1.09 bits per heavy atom. The van der Waals surface area contributed by atoms with Crippen LogP contribution in [0.1, 0.15) is 26.3 Å². The topological polar surface area (TPSA) is 77.4 Å². The van der Waals surface area contributed by atoms with Gasteiger partial charge in [-0.25, -0.2) is 9.79 Å². The van der Waals surface area contributed by atoms with Gasteiger partial charge in [-0.3, -0.25) is 0 Å². The molecule has 0 aromatic heterocycles. The van der Waals surface area contributed by atoms with Crippen molar-refractivity contribution in [3.8, 4) is 11.5 Å². The molecule has 0 bridgehead atoms. The molecule has 0 spiro atoms. The molecule has 0 fully saturated rings. The predicted molar refractivity (Wildman–Crippen MR) is 137 cm³/mol. The second kappa shape index (κ2) is 11.4. The van der Waals surface area contributed by atoms with Crippen molar-refractivity contribution in [2.75, 3.05) is 19.8 Å². The highest BCUT2D eigenvalue weighted by atomic mass is 127. The smallest absolute Gasteiger partial charge is 0.344 e. The van der Waals surface area contributed by atoms with E-state index in [4.69, 9.17) is 14.2 Å². The summed E-state index contributed by atoms with van der Waals surface area (Å²) in [7, 11) is 0. The molecule has 0 radical (unpaired) electrons. The summed E-state index contributed by atoms with van der Waals surface area (Å²) in [5.74, 6) is 0.565. The van der Waals surface area contributed by atoms with Crippen molar-refractivity contribution >= 4 is 57.1 Å². The Hall–Kier alpha value is -2.46. The van der Waals surface area contributed by atoms with Crippen LogP contribution in [0, 0.1) is 3.57 Å². The standard InChI is InChI=1S/C24H24INO5S/c1-4-29-18-13-15(12-17(25)22(18)30-5-2)14-19-21(27)20(24(28)31-6-3)23(32-19)26-16-10-8-7-9-11-16/h7-14,27H,4-6H2,1-3H3/b19-14-,26-23?. The normalized spacial score (nSPS) is 16.0. The Bertz CT molecular complexity index is 1080. The molecule has 0 aliphatic carbocycles. The molecule has 1 aliphatic heterocycles. The van der Waals surface area contributed by atoms with E-state index in [1.54, 1.807) is 13.0 Å². The van der Waals surface area contributed by atoms with Crippen LogP contribution in [-0.4, -0.2) is 35.9 Å². The number of hydrogen-bond donors (Lipinski definition) is 1. The van der Waals surface area contributed by atoms with Crippen LogP contribution >= 0.6 is 34.4 Å². The maximum absolute atomic E-state index is 12.6. The van der Waals surface area contributed by atoms with Crippen LogP contribution in [0.3, 0.4) is 0 Å². The number of thioether (sulfide) groups is 1. The number of para-hydroxylation sites is 1. The van der Waals surface area contributed by atoms with Crippen molar-refractivity contribution in [1.29, 1.82) is 0 Å². The van der Waals surface area contributed by atoms with Crippen LogP contribution in [0.2, 0.25) is 0 Å². The maximum atomic E-state index is 12.6. The zero-order chi connectivity index (χ0) is 23.1. The van der Waals surface area contributed by atoms with Crippen molar-refractivity contribution in [1.82, 2.24) is 0 Å². The van der Waals surface area contributed by atoms with E-state index in [0.717, 1.165) is 9.13 Å². The molecule has 2 aromatic rings. The van der Waals surface area contributed by atoms with Gasteiger partial charge in [0.15, 0.2) is 11.5 Å². The molecular weight excluding hydrogens is 541 g/mol. The first-order chi connectivity index (χ1) is 15.5. The number of aliphatic imine (C=N–C) groups is 1. The van der Waals surface area contributed by atoms with Crippen molar-refractivity contribution in [3.05, 3.63) is 67.8 Å². The van der Waals surface area contributed by atoms with Gasteiger partial charge < -0.3 is 19.3 Å². The van der Waals surface area contributed by atoms with Crippen LogP contribution in [0.15, 0.2) is 63.7 Å². The number of aliphatic hydroxyl groups excluding tert-OH is 1. The molecule has 0 amide bonds. The number of carbonyl (C=O) groups excluding carboxylic acids is 1. The Labute approximate surface area is 205 Å². The number of nitrogens with zero attached hydrogens (tertiary/aromatic N) is 1. The Morgan fingerprint density at radius 3 is 2.47 bits per heavy atom. The van der Waals surface area contributed by atoms with Crippen molar-refractivity contribution in [3.63, 3.8) is 0 Å². The van der Waals surface area contributed by atoms with Crippen molar-refractivity contribution in [2.24, 2.45) is 4.99 Å². The van der Waals surface area contributed by atoms with Gasteiger partial charge in [-0.15, -0.1) is 0 Å². The molecular formula is C24H24INO5S. The number of ether oxygens (including phenoxy) is 3. The third-order valence-corrected chi connectivity index (χ3v) is 6.10. The van der Waals surface area contributed by atoms with Gasteiger partial charge in [0.05, 0.1) is 34.0 Å². The average molecular weight is 565 g/mol. The molecule has 0 unspecified atom stereocenters. The lowest BCUT2D eigenvalue weighted by atomic mass is 10.1. The maximum Gasteiger partial charge on any atom is 0.344 e. The van der Waals surface area contributed by atoms with E-state index in [1.165, 1.54) is 11.8 Å². The number of halogens is 1. The molecule has 1 aliphatic rings. The fraction of sp³-hybridized carbons (Fsp3) is 0.250. The Balaban J connectivity index is 2.05. The third kappa shape index (κ3) is 5.66. The molecule has 1 heterocycles. The van der Waals surface area contributed by atoms with Crippen LogP contribution in [0.25, 0.3) is 6.08 Å². The summed E-state index contributed by atoms with van der Waals surface area (Å²) >= 11 is 3.42. The van der Waals surface area contributed by atoms with Crippen LogP contribution in [-0.2, 0) is 9.53 Å². The molecule has 1 N–H and O–H groups in total. The number of rotatable bonds is 8. The van der Waals surface area contributed by atoms with E-state index in [0.29, 0.717) is 40.3 Å². The SMILES string of the molecule is CCOC(=O)C1=C(O)/C(=C/c2cc(I)c(OCC)c(OCC)c2)SC1=Nc1ccccc1. The highest BCUT2D eigenvalue weighted by Crippen LogP contribution is 2.41. The second-order valence-electron chi connectivity index (χ2n) is 6.50. The van der Waals surface area contributed by atoms with E-state index in [1.807, 2.05) is 56.3 Å². The molecule has 6 nitrogen and oxygen atoms in total. The van der Waals surface area contributed by atoms with Gasteiger partial charge in [-0.2, -0.15) is 0 Å². The van der Waals surface area contributed by atoms with Gasteiger partial charge in [0.2, 0.25) is 0 Å². The summed E-state index contributed by atoms with van der Waals surface area (Å²) in [5, 5.41) is 11.3. The quantitative estimate of drug-likeness (QED) is 0.300. The Morgan fingerprint density at radius 2 is 1.81 bits per heavy atom. The Kier molecular flexibility index (Phi) is 8.63. The lowest BCUT2D eigenvalue weighted by Crippen LogP contribution is -2.12. The van der Waals surface area contributed by atoms with Gasteiger partial charge in [0.1, 0.15) is 16.4 Å². The van der Waals surface area contributed by atoms with Gasteiger partial charge >= 0.3 is 5.97 Å². The van der Waals surface area contributed by atoms with Gasteiger partial charge in [0, 0.05) is 0 Å². The van der Waals surface area contributed by atoms with Crippen LogP contribution in [0.5, 0.6) is 11.5 Å². The van der Waals surface area contributed by atoms with Gasteiger partial charge in [-0.05, 0) is 79.3 Å². The summed E-state index contributed by atoms with van der Waals surface area (Å²) in [6, 6.07) is 13.1. The largest absolute Gasteiger partial charge is 0.506 e.